The Balaban J connectivity index is 2.22. The van der Waals surface area contributed by atoms with E-state index in [-0.39, 0.29) is 6.10 Å². The highest BCUT2D eigenvalue weighted by molar-refractivity contribution is 4.74. The number of nitrogens with one attached hydrogen (secondary N) is 1. The van der Waals surface area contributed by atoms with Gasteiger partial charge < -0.3 is 10.4 Å². The van der Waals surface area contributed by atoms with Gasteiger partial charge in [-0.3, -0.25) is 0 Å². The Morgan fingerprint density at radius 3 is 3.08 bits per heavy atom. The van der Waals surface area contributed by atoms with Gasteiger partial charge in [0.05, 0.1) is 6.10 Å². The summed E-state index contributed by atoms with van der Waals surface area (Å²) in [5, 5.41) is 13.3. The molecule has 0 spiro atoms. The topological polar surface area (TPSA) is 32.3 Å². The van der Waals surface area contributed by atoms with Crippen molar-refractivity contribution in [2.24, 2.45) is 5.92 Å². The smallest absolute Gasteiger partial charge is 0.0580 e. The average Bonchev–Trinajstić information content (AvgIpc) is 2.42. The highest BCUT2D eigenvalue weighted by Crippen LogP contribution is 2.18. The van der Waals surface area contributed by atoms with Crippen molar-refractivity contribution in [3.8, 4) is 0 Å². The molecule has 2 heteroatoms. The Hall–Kier alpha value is -0.0800. The zero-order valence-corrected chi connectivity index (χ0v) is 8.76. The van der Waals surface area contributed by atoms with Crippen LogP contribution in [0.2, 0.25) is 0 Å². The van der Waals surface area contributed by atoms with E-state index in [4.69, 9.17) is 0 Å². The second-order valence-corrected chi connectivity index (χ2v) is 4.17. The van der Waals surface area contributed by atoms with Crippen molar-refractivity contribution in [3.63, 3.8) is 0 Å². The van der Waals surface area contributed by atoms with Gasteiger partial charge >= 0.3 is 0 Å². The van der Waals surface area contributed by atoms with Gasteiger partial charge in [0, 0.05) is 6.54 Å². The lowest BCUT2D eigenvalue weighted by atomic mass is 9.93. The minimum atomic E-state index is -0.0643. The van der Waals surface area contributed by atoms with Gasteiger partial charge in [0.25, 0.3) is 0 Å². The van der Waals surface area contributed by atoms with Gasteiger partial charge in [-0.05, 0) is 31.7 Å². The molecule has 1 saturated heterocycles. The number of aliphatic hydroxyl groups is 1. The summed E-state index contributed by atoms with van der Waals surface area (Å²) in [5.74, 6) is 0.508. The van der Waals surface area contributed by atoms with E-state index < -0.39 is 0 Å². The first-order valence-corrected chi connectivity index (χ1v) is 5.73. The number of rotatable bonds is 4. The van der Waals surface area contributed by atoms with Gasteiger partial charge in [-0.15, -0.1) is 0 Å². The summed E-state index contributed by atoms with van der Waals surface area (Å²) >= 11 is 0. The molecule has 2 atom stereocenters. The molecule has 0 aromatic rings. The van der Waals surface area contributed by atoms with Crippen LogP contribution in [0.25, 0.3) is 0 Å². The molecule has 2 N–H and O–H groups in total. The van der Waals surface area contributed by atoms with E-state index in [1.165, 1.54) is 25.7 Å². The minimum absolute atomic E-state index is 0.0643. The molecule has 1 aliphatic heterocycles. The monoisotopic (exact) mass is 185 g/mol. The van der Waals surface area contributed by atoms with Crippen molar-refractivity contribution in [2.75, 3.05) is 13.1 Å². The quantitative estimate of drug-likeness (QED) is 0.701. The molecule has 78 valence electrons. The zero-order valence-electron chi connectivity index (χ0n) is 8.76. The third kappa shape index (κ3) is 4.10. The SMILES string of the molecule is CCCCC(O)C1CCCCNC1. The first-order chi connectivity index (χ1) is 6.34. The maximum Gasteiger partial charge on any atom is 0.0580 e. The molecule has 13 heavy (non-hydrogen) atoms. The first-order valence-electron chi connectivity index (χ1n) is 5.73. The molecule has 2 nitrogen and oxygen atoms in total. The lowest BCUT2D eigenvalue weighted by Crippen LogP contribution is -2.29. The molecule has 2 unspecified atom stereocenters. The van der Waals surface area contributed by atoms with Crippen LogP contribution in [0.1, 0.15) is 45.4 Å². The molecular formula is C11H23NO. The van der Waals surface area contributed by atoms with Crippen LogP contribution in [0, 0.1) is 5.92 Å². The van der Waals surface area contributed by atoms with Crippen LogP contribution in [0.15, 0.2) is 0 Å². The van der Waals surface area contributed by atoms with Crippen molar-refractivity contribution in [1.29, 1.82) is 0 Å². The van der Waals surface area contributed by atoms with Crippen LogP contribution in [0.5, 0.6) is 0 Å². The van der Waals surface area contributed by atoms with Crippen molar-refractivity contribution >= 4 is 0 Å². The Morgan fingerprint density at radius 2 is 2.31 bits per heavy atom. The fraction of sp³-hybridized carbons (Fsp3) is 1.00. The number of aliphatic hydroxyl groups excluding tert-OH is 1. The summed E-state index contributed by atoms with van der Waals surface area (Å²) in [4.78, 5) is 0. The van der Waals surface area contributed by atoms with E-state index in [1.807, 2.05) is 0 Å². The minimum Gasteiger partial charge on any atom is -0.393 e. The van der Waals surface area contributed by atoms with Gasteiger partial charge in [-0.2, -0.15) is 0 Å². The second-order valence-electron chi connectivity index (χ2n) is 4.17. The van der Waals surface area contributed by atoms with Crippen LogP contribution in [0.4, 0.5) is 0 Å². The molecule has 0 radical (unpaired) electrons. The highest BCUT2D eigenvalue weighted by atomic mass is 16.3. The maximum absolute atomic E-state index is 9.89. The van der Waals surface area contributed by atoms with E-state index >= 15 is 0 Å². The molecule has 0 aromatic carbocycles. The van der Waals surface area contributed by atoms with Crippen LogP contribution in [0.3, 0.4) is 0 Å². The van der Waals surface area contributed by atoms with Crippen molar-refractivity contribution in [3.05, 3.63) is 0 Å². The maximum atomic E-state index is 9.89. The van der Waals surface area contributed by atoms with E-state index in [0.717, 1.165) is 25.9 Å². The van der Waals surface area contributed by atoms with Crippen molar-refractivity contribution in [1.82, 2.24) is 5.32 Å². The lowest BCUT2D eigenvalue weighted by molar-refractivity contribution is 0.0935. The Labute approximate surface area is 81.7 Å². The molecule has 0 amide bonds. The lowest BCUT2D eigenvalue weighted by Gasteiger charge is -2.20. The van der Waals surface area contributed by atoms with E-state index in [1.54, 1.807) is 0 Å². The van der Waals surface area contributed by atoms with E-state index in [2.05, 4.69) is 12.2 Å². The van der Waals surface area contributed by atoms with Crippen LogP contribution >= 0.6 is 0 Å². The van der Waals surface area contributed by atoms with Gasteiger partial charge in [-0.1, -0.05) is 26.2 Å². The van der Waals surface area contributed by atoms with Crippen LogP contribution in [-0.2, 0) is 0 Å². The fourth-order valence-electron chi connectivity index (χ4n) is 2.02. The number of hydrogen-bond donors (Lipinski definition) is 2. The Kier molecular flexibility index (Phi) is 5.40. The van der Waals surface area contributed by atoms with Crippen molar-refractivity contribution < 1.29 is 5.11 Å². The third-order valence-corrected chi connectivity index (χ3v) is 2.98. The number of hydrogen-bond acceptors (Lipinski definition) is 2. The molecule has 1 heterocycles. The summed E-state index contributed by atoms with van der Waals surface area (Å²) < 4.78 is 0. The summed E-state index contributed by atoms with van der Waals surface area (Å²) in [5.41, 5.74) is 0. The van der Waals surface area contributed by atoms with E-state index in [0.29, 0.717) is 5.92 Å². The molecule has 1 aliphatic rings. The molecule has 1 rings (SSSR count). The molecule has 0 aromatic heterocycles. The van der Waals surface area contributed by atoms with Gasteiger partial charge in [0.1, 0.15) is 0 Å². The predicted octanol–water partition coefficient (Wildman–Crippen LogP) is 1.93. The van der Waals surface area contributed by atoms with Crippen LogP contribution in [-0.4, -0.2) is 24.3 Å². The average molecular weight is 185 g/mol. The fourth-order valence-corrected chi connectivity index (χ4v) is 2.02. The summed E-state index contributed by atoms with van der Waals surface area (Å²) in [6.45, 7) is 4.33. The first kappa shape index (κ1) is 11.0. The largest absolute Gasteiger partial charge is 0.393 e. The third-order valence-electron chi connectivity index (χ3n) is 2.98. The molecule has 0 saturated carbocycles. The molecule has 0 aliphatic carbocycles. The van der Waals surface area contributed by atoms with Gasteiger partial charge in [0.15, 0.2) is 0 Å². The second kappa shape index (κ2) is 6.39. The Bertz CT molecular complexity index is 119. The standard InChI is InChI=1S/C11H23NO/c1-2-3-7-11(13)10-6-4-5-8-12-9-10/h10-13H,2-9H2,1H3. The molecule has 1 fully saturated rings. The predicted molar refractivity (Wildman–Crippen MR) is 55.7 cm³/mol. The molecular weight excluding hydrogens is 162 g/mol. The summed E-state index contributed by atoms with van der Waals surface area (Å²) in [7, 11) is 0. The summed E-state index contributed by atoms with van der Waals surface area (Å²) in [6.07, 6.45) is 7.04. The van der Waals surface area contributed by atoms with Crippen LogP contribution < -0.4 is 5.32 Å². The molecule has 0 bridgehead atoms. The Morgan fingerprint density at radius 1 is 1.46 bits per heavy atom. The summed E-state index contributed by atoms with van der Waals surface area (Å²) in [6, 6.07) is 0. The normalized spacial score (nSPS) is 26.8. The number of unbranched alkanes of at least 4 members (excludes halogenated alkanes) is 1. The highest BCUT2D eigenvalue weighted by Gasteiger charge is 2.19. The van der Waals surface area contributed by atoms with Gasteiger partial charge in [0.2, 0.25) is 0 Å². The van der Waals surface area contributed by atoms with Crippen molar-refractivity contribution in [2.45, 2.75) is 51.6 Å². The van der Waals surface area contributed by atoms with Gasteiger partial charge in [-0.25, -0.2) is 0 Å². The zero-order chi connectivity index (χ0) is 9.52. The van der Waals surface area contributed by atoms with E-state index in [9.17, 15) is 5.11 Å².